The lowest BCUT2D eigenvalue weighted by atomic mass is 10.0. The lowest BCUT2D eigenvalue weighted by Gasteiger charge is -2.24. The Morgan fingerprint density at radius 1 is 1.32 bits per heavy atom. The SMILES string of the molecule is C=C(C[Si](C)(C)C)C(OC(C)=O)c1ccc(Cl)cc1. The van der Waals surface area contributed by atoms with E-state index in [0.29, 0.717) is 5.02 Å². The van der Waals surface area contributed by atoms with Crippen LogP contribution in [0.2, 0.25) is 30.7 Å². The normalized spacial score (nSPS) is 12.9. The summed E-state index contributed by atoms with van der Waals surface area (Å²) in [5, 5.41) is 0.668. The van der Waals surface area contributed by atoms with E-state index >= 15 is 0 Å². The maximum Gasteiger partial charge on any atom is 0.303 e. The summed E-state index contributed by atoms with van der Waals surface area (Å²) in [6, 6.07) is 8.29. The van der Waals surface area contributed by atoms with Crippen molar-refractivity contribution in [1.82, 2.24) is 0 Å². The molecular formula is C15H21ClO2Si. The molecule has 0 saturated heterocycles. The molecule has 0 bridgehead atoms. The Bertz CT molecular complexity index is 460. The molecule has 0 aliphatic carbocycles. The lowest BCUT2D eigenvalue weighted by molar-refractivity contribution is -0.144. The molecule has 2 nitrogen and oxygen atoms in total. The summed E-state index contributed by atoms with van der Waals surface area (Å²) in [6.07, 6.45) is -0.374. The van der Waals surface area contributed by atoms with Crippen LogP contribution in [0.4, 0.5) is 0 Å². The van der Waals surface area contributed by atoms with Crippen molar-refractivity contribution in [1.29, 1.82) is 0 Å². The molecule has 0 aliphatic rings. The van der Waals surface area contributed by atoms with Gasteiger partial charge in [0.2, 0.25) is 0 Å². The van der Waals surface area contributed by atoms with Gasteiger partial charge in [0, 0.05) is 20.0 Å². The van der Waals surface area contributed by atoms with Crippen LogP contribution in [0.1, 0.15) is 18.6 Å². The molecule has 0 N–H and O–H groups in total. The van der Waals surface area contributed by atoms with Gasteiger partial charge in [-0.15, -0.1) is 0 Å². The van der Waals surface area contributed by atoms with Crippen molar-refractivity contribution in [3.8, 4) is 0 Å². The second-order valence-electron chi connectivity index (χ2n) is 5.94. The quantitative estimate of drug-likeness (QED) is 0.441. The summed E-state index contributed by atoms with van der Waals surface area (Å²) < 4.78 is 5.42. The molecule has 0 radical (unpaired) electrons. The monoisotopic (exact) mass is 296 g/mol. The third-order valence-electron chi connectivity index (χ3n) is 2.58. The molecule has 0 aromatic heterocycles. The molecule has 19 heavy (non-hydrogen) atoms. The first-order chi connectivity index (χ1) is 8.69. The predicted octanol–water partition coefficient (Wildman–Crippen LogP) is 4.84. The van der Waals surface area contributed by atoms with Crippen molar-refractivity contribution in [2.45, 2.75) is 38.7 Å². The van der Waals surface area contributed by atoms with Crippen molar-refractivity contribution < 1.29 is 9.53 Å². The number of ether oxygens (including phenoxy) is 1. The third kappa shape index (κ3) is 5.62. The Kier molecular flexibility index (Phi) is 5.38. The third-order valence-corrected chi connectivity index (χ3v) is 4.35. The molecule has 0 fully saturated rings. The molecule has 0 amide bonds. The maximum absolute atomic E-state index is 11.3. The molecule has 1 aromatic carbocycles. The Balaban J connectivity index is 2.97. The summed E-state index contributed by atoms with van der Waals surface area (Å²) in [4.78, 5) is 11.3. The van der Waals surface area contributed by atoms with Crippen molar-refractivity contribution in [3.05, 3.63) is 47.0 Å². The fraction of sp³-hybridized carbons (Fsp3) is 0.400. The molecular weight excluding hydrogens is 276 g/mol. The number of rotatable bonds is 5. The van der Waals surface area contributed by atoms with Crippen molar-refractivity contribution in [3.63, 3.8) is 0 Å². The first-order valence-corrected chi connectivity index (χ1v) is 10.4. The zero-order valence-electron chi connectivity index (χ0n) is 12.0. The average Bonchev–Trinajstić information content (AvgIpc) is 2.24. The molecule has 0 saturated carbocycles. The van der Waals surface area contributed by atoms with Crippen LogP contribution in [-0.4, -0.2) is 14.0 Å². The van der Waals surface area contributed by atoms with Gasteiger partial charge in [0.25, 0.3) is 0 Å². The number of hydrogen-bond donors (Lipinski definition) is 0. The topological polar surface area (TPSA) is 26.3 Å². The van der Waals surface area contributed by atoms with Gasteiger partial charge in [0.15, 0.2) is 0 Å². The Hall–Kier alpha value is -1.06. The van der Waals surface area contributed by atoms with Crippen LogP contribution in [0.15, 0.2) is 36.4 Å². The molecule has 1 unspecified atom stereocenters. The molecule has 1 atom stereocenters. The second kappa shape index (κ2) is 6.39. The van der Waals surface area contributed by atoms with Crippen LogP contribution in [0, 0.1) is 0 Å². The highest BCUT2D eigenvalue weighted by Crippen LogP contribution is 2.31. The minimum Gasteiger partial charge on any atom is -0.453 e. The summed E-state index contributed by atoms with van der Waals surface area (Å²) in [5.74, 6) is -0.295. The van der Waals surface area contributed by atoms with Crippen molar-refractivity contribution in [2.24, 2.45) is 0 Å². The zero-order chi connectivity index (χ0) is 14.6. The lowest BCUT2D eigenvalue weighted by Crippen LogP contribution is -2.23. The first kappa shape index (κ1) is 16.0. The second-order valence-corrected chi connectivity index (χ2v) is 11.8. The van der Waals surface area contributed by atoms with E-state index in [1.807, 2.05) is 12.1 Å². The van der Waals surface area contributed by atoms with Crippen LogP contribution in [0.25, 0.3) is 0 Å². The van der Waals surface area contributed by atoms with Crippen molar-refractivity contribution >= 4 is 25.6 Å². The van der Waals surface area contributed by atoms with Gasteiger partial charge in [-0.25, -0.2) is 0 Å². The van der Waals surface area contributed by atoms with E-state index in [1.165, 1.54) is 6.92 Å². The van der Waals surface area contributed by atoms with Gasteiger partial charge >= 0.3 is 5.97 Å². The molecule has 0 heterocycles. The minimum atomic E-state index is -1.29. The number of carbonyl (C=O) groups excluding carboxylic acids is 1. The van der Waals surface area contributed by atoms with Gasteiger partial charge in [-0.1, -0.05) is 50.0 Å². The largest absolute Gasteiger partial charge is 0.453 e. The summed E-state index contributed by atoms with van der Waals surface area (Å²) in [7, 11) is -1.29. The van der Waals surface area contributed by atoms with Gasteiger partial charge in [-0.05, 0) is 29.3 Å². The molecule has 1 aromatic rings. The first-order valence-electron chi connectivity index (χ1n) is 6.29. The summed E-state index contributed by atoms with van der Waals surface area (Å²) in [5.41, 5.74) is 1.87. The Morgan fingerprint density at radius 2 is 1.84 bits per heavy atom. The van der Waals surface area contributed by atoms with Gasteiger partial charge in [-0.3, -0.25) is 4.79 Å². The van der Waals surface area contributed by atoms with Gasteiger partial charge < -0.3 is 4.74 Å². The highest BCUT2D eigenvalue weighted by atomic mass is 35.5. The standard InChI is InChI=1S/C15H21ClO2Si/c1-11(10-19(3,4)5)15(18-12(2)17)13-6-8-14(16)9-7-13/h6-9,15H,1,10H2,2-5H3. The van der Waals surface area contributed by atoms with Gasteiger partial charge in [-0.2, -0.15) is 0 Å². The fourth-order valence-electron chi connectivity index (χ4n) is 1.96. The number of halogens is 1. The molecule has 1 rings (SSSR count). The molecule has 104 valence electrons. The van der Waals surface area contributed by atoms with E-state index in [9.17, 15) is 4.79 Å². The maximum atomic E-state index is 11.3. The van der Waals surface area contributed by atoms with Crippen LogP contribution < -0.4 is 0 Å². The van der Waals surface area contributed by atoms with E-state index in [1.54, 1.807) is 12.1 Å². The zero-order valence-corrected chi connectivity index (χ0v) is 13.8. The van der Waals surface area contributed by atoms with E-state index in [2.05, 4.69) is 26.2 Å². The summed E-state index contributed by atoms with van der Waals surface area (Å²) >= 11 is 5.88. The van der Waals surface area contributed by atoms with E-state index in [0.717, 1.165) is 17.2 Å². The number of hydrogen-bond acceptors (Lipinski definition) is 2. The molecule has 0 aliphatic heterocycles. The van der Waals surface area contributed by atoms with Gasteiger partial charge in [0.05, 0.1) is 0 Å². The van der Waals surface area contributed by atoms with Crippen LogP contribution >= 0.6 is 11.6 Å². The Morgan fingerprint density at radius 3 is 2.26 bits per heavy atom. The van der Waals surface area contributed by atoms with Gasteiger partial charge in [0.1, 0.15) is 6.10 Å². The molecule has 4 heteroatoms. The fourth-order valence-corrected chi connectivity index (χ4v) is 3.64. The van der Waals surface area contributed by atoms with Crippen molar-refractivity contribution in [2.75, 3.05) is 0 Å². The predicted molar refractivity (Wildman–Crippen MR) is 83.3 cm³/mol. The highest BCUT2D eigenvalue weighted by molar-refractivity contribution is 6.76. The molecule has 0 spiro atoms. The van der Waals surface area contributed by atoms with E-state index in [-0.39, 0.29) is 12.1 Å². The Labute approximate surface area is 121 Å². The van der Waals surface area contributed by atoms with Crippen LogP contribution in [0.3, 0.4) is 0 Å². The number of esters is 1. The highest BCUT2D eigenvalue weighted by Gasteiger charge is 2.23. The van der Waals surface area contributed by atoms with Crippen LogP contribution in [-0.2, 0) is 9.53 Å². The summed E-state index contributed by atoms with van der Waals surface area (Å²) in [6.45, 7) is 12.3. The van der Waals surface area contributed by atoms with E-state index in [4.69, 9.17) is 16.3 Å². The smallest absolute Gasteiger partial charge is 0.303 e. The number of carbonyl (C=O) groups is 1. The van der Waals surface area contributed by atoms with E-state index < -0.39 is 8.07 Å². The van der Waals surface area contributed by atoms with Crippen LogP contribution in [0.5, 0.6) is 0 Å². The minimum absolute atomic E-state index is 0.295. The average molecular weight is 297 g/mol. The number of benzene rings is 1.